The van der Waals surface area contributed by atoms with Crippen molar-refractivity contribution in [3.05, 3.63) is 91.0 Å². The van der Waals surface area contributed by atoms with E-state index in [0.717, 1.165) is 35.9 Å². The van der Waals surface area contributed by atoms with E-state index in [4.69, 9.17) is 9.73 Å². The molecular weight excluding hydrogens is 374 g/mol. The third kappa shape index (κ3) is 2.94. The third-order valence-electron chi connectivity index (χ3n) is 5.85. The van der Waals surface area contributed by atoms with E-state index in [1.54, 1.807) is 0 Å². The largest absolute Gasteiger partial charge is 0.467 e. The summed E-state index contributed by atoms with van der Waals surface area (Å²) < 4.78 is 5.28. The molecule has 5 nitrogen and oxygen atoms in total. The van der Waals surface area contributed by atoms with Gasteiger partial charge in [-0.2, -0.15) is 0 Å². The van der Waals surface area contributed by atoms with Crippen LogP contribution >= 0.6 is 0 Å². The molecule has 30 heavy (non-hydrogen) atoms. The lowest BCUT2D eigenvalue weighted by Gasteiger charge is -2.26. The molecule has 2 aliphatic rings. The average molecular weight is 397 g/mol. The average Bonchev–Trinajstić information content (AvgIpc) is 3.53. The van der Waals surface area contributed by atoms with Gasteiger partial charge >= 0.3 is 5.97 Å². The summed E-state index contributed by atoms with van der Waals surface area (Å²) in [5, 5.41) is 0. The lowest BCUT2D eigenvalue weighted by Crippen LogP contribution is -2.46. The summed E-state index contributed by atoms with van der Waals surface area (Å²) in [5.41, 5.74) is 2.43. The van der Waals surface area contributed by atoms with E-state index < -0.39 is 6.04 Å². The number of guanidine groups is 1. The van der Waals surface area contributed by atoms with Crippen LogP contribution in [0.4, 0.5) is 17.1 Å². The normalized spacial score (nSPS) is 20.6. The Kier molecular flexibility index (Phi) is 4.51. The quantitative estimate of drug-likeness (QED) is 0.595. The minimum absolute atomic E-state index is 0.240. The Morgan fingerprint density at radius 1 is 0.867 bits per heavy atom. The number of benzene rings is 3. The number of esters is 1. The first kappa shape index (κ1) is 18.4. The maximum absolute atomic E-state index is 13.1. The smallest absolute Gasteiger partial charge is 0.331 e. The molecule has 0 radical (unpaired) electrons. The molecule has 1 saturated heterocycles. The molecule has 3 aromatic rings. The summed E-state index contributed by atoms with van der Waals surface area (Å²) in [5.74, 6) is 0.502. The van der Waals surface area contributed by atoms with Crippen LogP contribution in [0.3, 0.4) is 0 Å². The van der Waals surface area contributed by atoms with Crippen LogP contribution in [0.5, 0.6) is 0 Å². The number of aliphatic imine (C=N–C) groups is 1. The summed E-state index contributed by atoms with van der Waals surface area (Å²) in [6.07, 6.45) is 1.80. The van der Waals surface area contributed by atoms with Gasteiger partial charge in [-0.1, -0.05) is 54.6 Å². The first-order chi connectivity index (χ1) is 14.7. The summed E-state index contributed by atoms with van der Waals surface area (Å²) in [6.45, 7) is 0. The van der Waals surface area contributed by atoms with Crippen molar-refractivity contribution in [1.82, 2.24) is 0 Å². The van der Waals surface area contributed by atoms with Crippen molar-refractivity contribution < 1.29 is 9.53 Å². The van der Waals surface area contributed by atoms with Gasteiger partial charge in [0.25, 0.3) is 0 Å². The first-order valence-corrected chi connectivity index (χ1v) is 10.2. The fourth-order valence-electron chi connectivity index (χ4n) is 4.37. The summed E-state index contributed by atoms with van der Waals surface area (Å²) >= 11 is 0. The number of hydrogen-bond donors (Lipinski definition) is 0. The molecule has 0 unspecified atom stereocenters. The molecule has 1 aliphatic carbocycles. The van der Waals surface area contributed by atoms with Gasteiger partial charge < -0.3 is 9.64 Å². The Morgan fingerprint density at radius 3 is 1.93 bits per heavy atom. The molecule has 0 N–H and O–H groups in total. The van der Waals surface area contributed by atoms with E-state index in [0.29, 0.717) is 0 Å². The number of nitrogens with zero attached hydrogens (tertiary/aromatic N) is 3. The standard InChI is InChI=1S/C25H23N3O2/c1-30-23(29)22-25(17-18-25)28(21-15-9-4-10-16-21)24(26-19-11-5-2-6-12-19)27(22)20-13-7-3-8-14-20/h2-16,22H,17-18H2,1H3/t22-/m0/s1. The van der Waals surface area contributed by atoms with Crippen molar-refractivity contribution in [2.24, 2.45) is 4.99 Å². The van der Waals surface area contributed by atoms with Gasteiger partial charge in [-0.25, -0.2) is 9.79 Å². The van der Waals surface area contributed by atoms with Crippen molar-refractivity contribution in [3.63, 3.8) is 0 Å². The summed E-state index contributed by atoms with van der Waals surface area (Å²) in [4.78, 5) is 22.4. The van der Waals surface area contributed by atoms with Crippen LogP contribution in [0.1, 0.15) is 12.8 Å². The topological polar surface area (TPSA) is 45.1 Å². The first-order valence-electron chi connectivity index (χ1n) is 10.2. The molecule has 2 fully saturated rings. The van der Waals surface area contributed by atoms with Crippen LogP contribution in [0, 0.1) is 0 Å². The van der Waals surface area contributed by atoms with Gasteiger partial charge in [0, 0.05) is 11.4 Å². The van der Waals surface area contributed by atoms with Gasteiger partial charge in [0.2, 0.25) is 5.96 Å². The molecule has 3 aromatic carbocycles. The Balaban J connectivity index is 1.75. The van der Waals surface area contributed by atoms with Gasteiger partial charge in [-0.15, -0.1) is 0 Å². The molecule has 1 aliphatic heterocycles. The van der Waals surface area contributed by atoms with Crippen LogP contribution in [-0.2, 0) is 9.53 Å². The number of ether oxygens (including phenoxy) is 1. The van der Waals surface area contributed by atoms with E-state index in [1.165, 1.54) is 7.11 Å². The van der Waals surface area contributed by atoms with Gasteiger partial charge in [0.1, 0.15) is 0 Å². The van der Waals surface area contributed by atoms with Crippen molar-refractivity contribution in [1.29, 1.82) is 0 Å². The maximum Gasteiger partial charge on any atom is 0.331 e. The number of rotatable bonds is 4. The molecule has 0 amide bonds. The van der Waals surface area contributed by atoms with E-state index in [2.05, 4.69) is 17.0 Å². The molecule has 0 bridgehead atoms. The van der Waals surface area contributed by atoms with Gasteiger partial charge in [0.05, 0.1) is 18.3 Å². The van der Waals surface area contributed by atoms with E-state index >= 15 is 0 Å². The van der Waals surface area contributed by atoms with Crippen LogP contribution in [-0.4, -0.2) is 30.6 Å². The number of methoxy groups -OCH3 is 1. The highest BCUT2D eigenvalue weighted by Crippen LogP contribution is 2.54. The zero-order chi connectivity index (χ0) is 20.6. The molecule has 1 heterocycles. The van der Waals surface area contributed by atoms with E-state index in [-0.39, 0.29) is 11.5 Å². The highest BCUT2D eigenvalue weighted by Gasteiger charge is 2.67. The lowest BCUT2D eigenvalue weighted by atomic mass is 10.0. The van der Waals surface area contributed by atoms with Crippen LogP contribution in [0.15, 0.2) is 96.0 Å². The summed E-state index contributed by atoms with van der Waals surface area (Å²) in [7, 11) is 1.46. The molecule has 150 valence electrons. The molecule has 1 spiro atoms. The molecule has 1 saturated carbocycles. The predicted octanol–water partition coefficient (Wildman–Crippen LogP) is 4.78. The Bertz CT molecular complexity index is 1060. The zero-order valence-electron chi connectivity index (χ0n) is 16.8. The van der Waals surface area contributed by atoms with Gasteiger partial charge in [-0.3, -0.25) is 4.90 Å². The maximum atomic E-state index is 13.1. The van der Waals surface area contributed by atoms with Crippen molar-refractivity contribution in [2.45, 2.75) is 24.4 Å². The van der Waals surface area contributed by atoms with E-state index in [9.17, 15) is 4.79 Å². The second-order valence-electron chi connectivity index (χ2n) is 7.65. The summed E-state index contributed by atoms with van der Waals surface area (Å²) in [6, 6.07) is 29.6. The molecule has 1 atom stereocenters. The second kappa shape index (κ2) is 7.34. The minimum atomic E-state index is -0.465. The molecule has 5 rings (SSSR count). The number of hydrogen-bond acceptors (Lipinski definition) is 3. The second-order valence-corrected chi connectivity index (χ2v) is 7.65. The van der Waals surface area contributed by atoms with Crippen molar-refractivity contribution in [3.8, 4) is 0 Å². The monoisotopic (exact) mass is 397 g/mol. The Morgan fingerprint density at radius 2 is 1.40 bits per heavy atom. The molecule has 5 heteroatoms. The van der Waals surface area contributed by atoms with E-state index in [1.807, 2.05) is 83.8 Å². The lowest BCUT2D eigenvalue weighted by molar-refractivity contribution is -0.142. The fourth-order valence-corrected chi connectivity index (χ4v) is 4.37. The number of carbonyl (C=O) groups excluding carboxylic acids is 1. The fraction of sp³-hybridized carbons (Fsp3) is 0.200. The minimum Gasteiger partial charge on any atom is -0.467 e. The number of anilines is 2. The number of para-hydroxylation sites is 3. The Hall–Kier alpha value is -3.60. The van der Waals surface area contributed by atoms with Crippen molar-refractivity contribution >= 4 is 29.0 Å². The van der Waals surface area contributed by atoms with Crippen LogP contribution < -0.4 is 9.80 Å². The molecular formula is C25H23N3O2. The van der Waals surface area contributed by atoms with Crippen LogP contribution in [0.25, 0.3) is 0 Å². The molecule has 0 aromatic heterocycles. The third-order valence-corrected chi connectivity index (χ3v) is 5.85. The van der Waals surface area contributed by atoms with Gasteiger partial charge in [-0.05, 0) is 49.2 Å². The number of carbonyl (C=O) groups is 1. The highest BCUT2D eigenvalue weighted by molar-refractivity contribution is 6.17. The SMILES string of the molecule is COC(=O)[C@@H]1N(c2ccccc2)C(=Nc2ccccc2)N(c2ccccc2)C12CC2. The highest BCUT2D eigenvalue weighted by atomic mass is 16.5. The zero-order valence-corrected chi connectivity index (χ0v) is 16.8. The van der Waals surface area contributed by atoms with Crippen LogP contribution in [0.2, 0.25) is 0 Å². The Labute approximate surface area is 176 Å². The van der Waals surface area contributed by atoms with Crippen molar-refractivity contribution in [2.75, 3.05) is 16.9 Å². The van der Waals surface area contributed by atoms with Gasteiger partial charge in [0.15, 0.2) is 6.04 Å². The predicted molar refractivity (Wildman–Crippen MR) is 119 cm³/mol.